The van der Waals surface area contributed by atoms with Crippen LogP contribution in [-0.2, 0) is 0 Å². The molecule has 0 saturated carbocycles. The Morgan fingerprint density at radius 1 is 1.56 bits per heavy atom. The van der Waals surface area contributed by atoms with Gasteiger partial charge in [0, 0.05) is 13.0 Å². The maximum atomic E-state index is 10.9. The van der Waals surface area contributed by atoms with Crippen molar-refractivity contribution in [1.29, 1.82) is 0 Å². The molecule has 4 heteroatoms. The molecule has 0 aliphatic heterocycles. The first kappa shape index (κ1) is 12.1. The highest BCUT2D eigenvalue weighted by Crippen LogP contribution is 2.22. The van der Waals surface area contributed by atoms with Crippen molar-refractivity contribution in [2.75, 3.05) is 13.7 Å². The predicted octanol–water partition coefficient (Wildman–Crippen LogP) is 1.09. The van der Waals surface area contributed by atoms with E-state index in [1.165, 1.54) is 13.2 Å². The van der Waals surface area contributed by atoms with E-state index in [4.69, 9.17) is 15.6 Å². The van der Waals surface area contributed by atoms with Gasteiger partial charge in [-0.05, 0) is 12.1 Å². The van der Waals surface area contributed by atoms with E-state index in [0.717, 1.165) is 0 Å². The van der Waals surface area contributed by atoms with Crippen LogP contribution in [0.2, 0.25) is 0 Å². The molecular weight excluding hydrogens is 206 g/mol. The molecule has 1 aromatic carbocycles. The molecule has 16 heavy (non-hydrogen) atoms. The van der Waals surface area contributed by atoms with E-state index >= 15 is 0 Å². The van der Waals surface area contributed by atoms with Gasteiger partial charge in [0.15, 0.2) is 0 Å². The SMILES string of the molecule is COc1c(C#CCCN)cccc1C(=O)O. The van der Waals surface area contributed by atoms with Gasteiger partial charge in [-0.2, -0.15) is 0 Å². The second kappa shape index (κ2) is 5.79. The minimum absolute atomic E-state index is 0.113. The molecule has 0 atom stereocenters. The van der Waals surface area contributed by atoms with Gasteiger partial charge in [-0.15, -0.1) is 0 Å². The second-order valence-electron chi connectivity index (χ2n) is 3.03. The second-order valence-corrected chi connectivity index (χ2v) is 3.03. The maximum absolute atomic E-state index is 10.9. The van der Waals surface area contributed by atoms with Crippen LogP contribution in [0.4, 0.5) is 0 Å². The third kappa shape index (κ3) is 2.75. The lowest BCUT2D eigenvalue weighted by atomic mass is 10.1. The number of benzene rings is 1. The van der Waals surface area contributed by atoms with Crippen LogP contribution in [0.1, 0.15) is 22.3 Å². The highest BCUT2D eigenvalue weighted by molar-refractivity contribution is 5.91. The van der Waals surface area contributed by atoms with Gasteiger partial charge in [-0.1, -0.05) is 17.9 Å². The number of carbonyl (C=O) groups is 1. The zero-order valence-corrected chi connectivity index (χ0v) is 8.99. The molecule has 0 aliphatic carbocycles. The summed E-state index contributed by atoms with van der Waals surface area (Å²) in [5.74, 6) is 4.95. The largest absolute Gasteiger partial charge is 0.495 e. The fourth-order valence-corrected chi connectivity index (χ4v) is 1.25. The number of nitrogens with two attached hydrogens (primary N) is 1. The molecule has 3 N–H and O–H groups in total. The molecule has 0 bridgehead atoms. The first-order valence-corrected chi connectivity index (χ1v) is 4.80. The van der Waals surface area contributed by atoms with Crippen molar-refractivity contribution < 1.29 is 14.6 Å². The Labute approximate surface area is 94.0 Å². The van der Waals surface area contributed by atoms with Gasteiger partial charge < -0.3 is 15.6 Å². The normalized spacial score (nSPS) is 9.12. The molecule has 0 spiro atoms. The summed E-state index contributed by atoms with van der Waals surface area (Å²) < 4.78 is 5.05. The third-order valence-electron chi connectivity index (χ3n) is 1.94. The van der Waals surface area contributed by atoms with Gasteiger partial charge >= 0.3 is 5.97 Å². The number of carboxylic acids is 1. The minimum atomic E-state index is -1.03. The van der Waals surface area contributed by atoms with E-state index in [9.17, 15) is 4.79 Å². The Balaban J connectivity index is 3.15. The van der Waals surface area contributed by atoms with Crippen LogP contribution in [0.15, 0.2) is 18.2 Å². The number of methoxy groups -OCH3 is 1. The van der Waals surface area contributed by atoms with Gasteiger partial charge in [0.25, 0.3) is 0 Å². The van der Waals surface area contributed by atoms with E-state index < -0.39 is 5.97 Å². The Kier molecular flexibility index (Phi) is 4.37. The van der Waals surface area contributed by atoms with Gasteiger partial charge in [-0.25, -0.2) is 4.79 Å². The van der Waals surface area contributed by atoms with E-state index in [0.29, 0.717) is 24.3 Å². The monoisotopic (exact) mass is 219 g/mol. The molecule has 4 nitrogen and oxygen atoms in total. The van der Waals surface area contributed by atoms with Gasteiger partial charge in [-0.3, -0.25) is 0 Å². The zero-order valence-electron chi connectivity index (χ0n) is 8.99. The molecule has 0 amide bonds. The van der Waals surface area contributed by atoms with E-state index in [-0.39, 0.29) is 5.56 Å². The summed E-state index contributed by atoms with van der Waals surface area (Å²) in [5, 5.41) is 8.94. The average molecular weight is 219 g/mol. The van der Waals surface area contributed by atoms with Crippen molar-refractivity contribution in [2.24, 2.45) is 5.73 Å². The Bertz CT molecular complexity index is 443. The molecule has 0 aliphatic rings. The smallest absolute Gasteiger partial charge is 0.339 e. The molecule has 84 valence electrons. The average Bonchev–Trinajstić information content (AvgIpc) is 2.29. The number of hydrogen-bond donors (Lipinski definition) is 2. The highest BCUT2D eigenvalue weighted by Gasteiger charge is 2.12. The van der Waals surface area contributed by atoms with Crippen LogP contribution in [0.3, 0.4) is 0 Å². The number of aromatic carboxylic acids is 1. The summed E-state index contributed by atoms with van der Waals surface area (Å²) in [6.07, 6.45) is 0.570. The van der Waals surface area contributed by atoms with Crippen LogP contribution >= 0.6 is 0 Å². The van der Waals surface area contributed by atoms with Crippen LogP contribution in [0.5, 0.6) is 5.75 Å². The Hall–Kier alpha value is -1.99. The molecule has 0 radical (unpaired) electrons. The van der Waals surface area contributed by atoms with Crippen molar-refractivity contribution in [2.45, 2.75) is 6.42 Å². The van der Waals surface area contributed by atoms with E-state index in [1.807, 2.05) is 0 Å². The standard InChI is InChI=1S/C12H13NO3/c1-16-11-9(5-2-3-8-13)6-4-7-10(11)12(14)15/h4,6-7H,3,8,13H2,1H3,(H,14,15). The lowest BCUT2D eigenvalue weighted by molar-refractivity contribution is 0.0693. The topological polar surface area (TPSA) is 72.5 Å². The molecule has 0 unspecified atom stereocenters. The summed E-state index contributed by atoms with van der Waals surface area (Å²) in [6, 6.07) is 4.84. The number of carboxylic acid groups (broad SMARTS) is 1. The predicted molar refractivity (Wildman–Crippen MR) is 60.5 cm³/mol. The van der Waals surface area contributed by atoms with Crippen molar-refractivity contribution in [3.05, 3.63) is 29.3 Å². The molecule has 0 saturated heterocycles. The fraction of sp³-hybridized carbons (Fsp3) is 0.250. The summed E-state index contributed by atoms with van der Waals surface area (Å²) in [7, 11) is 1.43. The lowest BCUT2D eigenvalue weighted by Crippen LogP contribution is -2.02. The number of ether oxygens (including phenoxy) is 1. The quantitative estimate of drug-likeness (QED) is 0.746. The molecular formula is C12H13NO3. The van der Waals surface area contributed by atoms with Crippen molar-refractivity contribution in [3.63, 3.8) is 0 Å². The number of rotatable bonds is 3. The van der Waals surface area contributed by atoms with Gasteiger partial charge in [0.2, 0.25) is 0 Å². The van der Waals surface area contributed by atoms with Crippen LogP contribution in [0, 0.1) is 11.8 Å². The van der Waals surface area contributed by atoms with Gasteiger partial charge in [0.1, 0.15) is 11.3 Å². The van der Waals surface area contributed by atoms with E-state index in [1.54, 1.807) is 12.1 Å². The summed E-state index contributed by atoms with van der Waals surface area (Å²) in [6.45, 7) is 0.480. The van der Waals surface area contributed by atoms with Crippen molar-refractivity contribution in [1.82, 2.24) is 0 Å². The molecule has 1 aromatic rings. The first-order valence-electron chi connectivity index (χ1n) is 4.80. The highest BCUT2D eigenvalue weighted by atomic mass is 16.5. The van der Waals surface area contributed by atoms with Gasteiger partial charge in [0.05, 0.1) is 12.7 Å². The molecule has 0 fully saturated rings. The Morgan fingerprint density at radius 3 is 2.88 bits per heavy atom. The number of para-hydroxylation sites is 1. The first-order chi connectivity index (χ1) is 7.70. The zero-order chi connectivity index (χ0) is 12.0. The molecule has 0 heterocycles. The molecule has 1 rings (SSSR count). The maximum Gasteiger partial charge on any atom is 0.339 e. The van der Waals surface area contributed by atoms with Crippen LogP contribution in [-0.4, -0.2) is 24.7 Å². The summed E-state index contributed by atoms with van der Waals surface area (Å²) >= 11 is 0. The fourth-order valence-electron chi connectivity index (χ4n) is 1.25. The Morgan fingerprint density at radius 2 is 2.31 bits per heavy atom. The molecule has 0 aromatic heterocycles. The summed E-state index contributed by atoms with van der Waals surface area (Å²) in [4.78, 5) is 10.9. The van der Waals surface area contributed by atoms with Crippen molar-refractivity contribution >= 4 is 5.97 Å². The minimum Gasteiger partial charge on any atom is -0.495 e. The van der Waals surface area contributed by atoms with Crippen LogP contribution < -0.4 is 10.5 Å². The number of hydrogen-bond acceptors (Lipinski definition) is 3. The van der Waals surface area contributed by atoms with Crippen molar-refractivity contribution in [3.8, 4) is 17.6 Å². The summed E-state index contributed by atoms with van der Waals surface area (Å²) in [5.41, 5.74) is 5.99. The van der Waals surface area contributed by atoms with E-state index in [2.05, 4.69) is 11.8 Å². The lowest BCUT2D eigenvalue weighted by Gasteiger charge is -2.06. The van der Waals surface area contributed by atoms with Crippen LogP contribution in [0.25, 0.3) is 0 Å². The third-order valence-corrected chi connectivity index (χ3v) is 1.94.